The SMILES string of the molecule is Cc1ccc(Oc2ncc(C)cc2Br)c(C)c1. The zero-order valence-electron chi connectivity index (χ0n) is 10.1. The Labute approximate surface area is 110 Å². The number of halogens is 1. The molecule has 0 fully saturated rings. The molecule has 0 amide bonds. The van der Waals surface area contributed by atoms with Crippen LogP contribution in [0.3, 0.4) is 0 Å². The third kappa shape index (κ3) is 2.86. The molecule has 17 heavy (non-hydrogen) atoms. The van der Waals surface area contributed by atoms with Crippen molar-refractivity contribution in [3.8, 4) is 11.6 Å². The second-order valence-electron chi connectivity index (χ2n) is 4.17. The molecule has 0 atom stereocenters. The minimum absolute atomic E-state index is 0.600. The van der Waals surface area contributed by atoms with Crippen molar-refractivity contribution >= 4 is 15.9 Å². The van der Waals surface area contributed by atoms with Gasteiger partial charge in [0.05, 0.1) is 4.47 Å². The molecule has 2 aromatic rings. The van der Waals surface area contributed by atoms with Crippen molar-refractivity contribution in [3.05, 3.63) is 51.6 Å². The van der Waals surface area contributed by atoms with Crippen molar-refractivity contribution < 1.29 is 4.74 Å². The molecule has 2 nitrogen and oxygen atoms in total. The molecular weight excluding hydrogens is 278 g/mol. The summed E-state index contributed by atoms with van der Waals surface area (Å²) in [5.74, 6) is 1.44. The van der Waals surface area contributed by atoms with E-state index in [0.717, 1.165) is 21.3 Å². The Bertz CT molecular complexity index is 502. The molecule has 0 saturated heterocycles. The summed E-state index contributed by atoms with van der Waals surface area (Å²) >= 11 is 3.46. The van der Waals surface area contributed by atoms with Gasteiger partial charge in [-0.05, 0) is 60.0 Å². The van der Waals surface area contributed by atoms with Crippen LogP contribution in [0.5, 0.6) is 11.6 Å². The molecular formula is C14H14BrNO. The van der Waals surface area contributed by atoms with Gasteiger partial charge in [0, 0.05) is 6.20 Å². The molecule has 0 unspecified atom stereocenters. The molecule has 2 rings (SSSR count). The van der Waals surface area contributed by atoms with Crippen molar-refractivity contribution in [1.82, 2.24) is 4.98 Å². The lowest BCUT2D eigenvalue weighted by atomic mass is 10.1. The molecule has 0 spiro atoms. The lowest BCUT2D eigenvalue weighted by molar-refractivity contribution is 0.456. The van der Waals surface area contributed by atoms with Crippen LogP contribution in [0.2, 0.25) is 0 Å². The van der Waals surface area contributed by atoms with Gasteiger partial charge in [0.1, 0.15) is 5.75 Å². The zero-order valence-corrected chi connectivity index (χ0v) is 11.7. The van der Waals surface area contributed by atoms with E-state index in [1.165, 1.54) is 5.56 Å². The maximum Gasteiger partial charge on any atom is 0.233 e. The van der Waals surface area contributed by atoms with Gasteiger partial charge < -0.3 is 4.74 Å². The first-order valence-electron chi connectivity index (χ1n) is 5.43. The van der Waals surface area contributed by atoms with Gasteiger partial charge in [0.25, 0.3) is 0 Å². The van der Waals surface area contributed by atoms with Gasteiger partial charge in [-0.1, -0.05) is 17.7 Å². The second-order valence-corrected chi connectivity index (χ2v) is 5.02. The fourth-order valence-corrected chi connectivity index (χ4v) is 2.16. The number of pyridine rings is 1. The Balaban J connectivity index is 2.31. The average molecular weight is 292 g/mol. The van der Waals surface area contributed by atoms with Crippen LogP contribution in [-0.4, -0.2) is 4.98 Å². The standard InChI is InChI=1S/C14H14BrNO/c1-9-4-5-13(11(3)6-9)17-14-12(15)7-10(2)8-16-14/h4-8H,1-3H3. The van der Waals surface area contributed by atoms with Crippen LogP contribution >= 0.6 is 15.9 Å². The fourth-order valence-electron chi connectivity index (χ4n) is 1.61. The van der Waals surface area contributed by atoms with Crippen molar-refractivity contribution in [2.24, 2.45) is 0 Å². The van der Waals surface area contributed by atoms with E-state index in [2.05, 4.69) is 33.9 Å². The van der Waals surface area contributed by atoms with Crippen molar-refractivity contribution in [1.29, 1.82) is 0 Å². The molecule has 1 aromatic heterocycles. The summed E-state index contributed by atoms with van der Waals surface area (Å²) < 4.78 is 6.66. The number of hydrogen-bond donors (Lipinski definition) is 0. The predicted molar refractivity (Wildman–Crippen MR) is 72.7 cm³/mol. The summed E-state index contributed by atoms with van der Waals surface area (Å²) in [6.45, 7) is 6.10. The normalized spacial score (nSPS) is 10.4. The van der Waals surface area contributed by atoms with Crippen LogP contribution in [0.25, 0.3) is 0 Å². The number of aromatic nitrogens is 1. The topological polar surface area (TPSA) is 22.1 Å². The molecule has 0 bridgehead atoms. The average Bonchev–Trinajstić information content (AvgIpc) is 2.25. The summed E-state index contributed by atoms with van der Waals surface area (Å²) in [5.41, 5.74) is 3.44. The highest BCUT2D eigenvalue weighted by molar-refractivity contribution is 9.10. The Morgan fingerprint density at radius 3 is 2.47 bits per heavy atom. The molecule has 0 aliphatic heterocycles. The maximum absolute atomic E-state index is 5.79. The second kappa shape index (κ2) is 4.88. The lowest BCUT2D eigenvalue weighted by Gasteiger charge is -2.10. The first kappa shape index (κ1) is 12.1. The Morgan fingerprint density at radius 1 is 1.06 bits per heavy atom. The Hall–Kier alpha value is -1.35. The van der Waals surface area contributed by atoms with Gasteiger partial charge in [0.15, 0.2) is 0 Å². The third-order valence-electron chi connectivity index (χ3n) is 2.48. The molecule has 0 aliphatic rings. The van der Waals surface area contributed by atoms with Crippen LogP contribution in [-0.2, 0) is 0 Å². The number of aryl methyl sites for hydroxylation is 3. The van der Waals surface area contributed by atoms with Crippen LogP contribution in [0, 0.1) is 20.8 Å². The summed E-state index contributed by atoms with van der Waals surface area (Å²) in [4.78, 5) is 4.27. The van der Waals surface area contributed by atoms with Crippen LogP contribution < -0.4 is 4.74 Å². The van der Waals surface area contributed by atoms with Crippen molar-refractivity contribution in [2.45, 2.75) is 20.8 Å². The molecule has 0 saturated carbocycles. The molecule has 88 valence electrons. The number of benzene rings is 1. The quantitative estimate of drug-likeness (QED) is 0.809. The number of rotatable bonds is 2. The highest BCUT2D eigenvalue weighted by atomic mass is 79.9. The minimum Gasteiger partial charge on any atom is -0.438 e. The third-order valence-corrected chi connectivity index (χ3v) is 3.05. The highest BCUT2D eigenvalue weighted by Gasteiger charge is 2.06. The van der Waals surface area contributed by atoms with E-state index < -0.39 is 0 Å². The molecule has 1 aromatic carbocycles. The smallest absolute Gasteiger partial charge is 0.233 e. The van der Waals surface area contributed by atoms with E-state index in [9.17, 15) is 0 Å². The number of ether oxygens (including phenoxy) is 1. The van der Waals surface area contributed by atoms with Gasteiger partial charge >= 0.3 is 0 Å². The van der Waals surface area contributed by atoms with E-state index in [1.807, 2.05) is 32.0 Å². The number of hydrogen-bond acceptors (Lipinski definition) is 2. The maximum atomic E-state index is 5.79. The fraction of sp³-hybridized carbons (Fsp3) is 0.214. The summed E-state index contributed by atoms with van der Waals surface area (Å²) in [7, 11) is 0. The van der Waals surface area contributed by atoms with E-state index >= 15 is 0 Å². The van der Waals surface area contributed by atoms with Gasteiger partial charge in [-0.15, -0.1) is 0 Å². The zero-order chi connectivity index (χ0) is 12.4. The van der Waals surface area contributed by atoms with Crippen LogP contribution in [0.1, 0.15) is 16.7 Å². The Kier molecular flexibility index (Phi) is 3.48. The van der Waals surface area contributed by atoms with Gasteiger partial charge in [-0.2, -0.15) is 0 Å². The molecule has 1 heterocycles. The Morgan fingerprint density at radius 2 is 1.82 bits per heavy atom. The molecule has 3 heteroatoms. The molecule has 0 aliphatic carbocycles. The number of nitrogens with zero attached hydrogens (tertiary/aromatic N) is 1. The summed E-state index contributed by atoms with van der Waals surface area (Å²) in [5, 5.41) is 0. The van der Waals surface area contributed by atoms with Crippen LogP contribution in [0.15, 0.2) is 34.9 Å². The predicted octanol–water partition coefficient (Wildman–Crippen LogP) is 4.56. The summed E-state index contributed by atoms with van der Waals surface area (Å²) in [6.07, 6.45) is 1.80. The molecule has 0 radical (unpaired) electrons. The lowest BCUT2D eigenvalue weighted by Crippen LogP contribution is -1.92. The minimum atomic E-state index is 0.600. The highest BCUT2D eigenvalue weighted by Crippen LogP contribution is 2.30. The monoisotopic (exact) mass is 291 g/mol. The van der Waals surface area contributed by atoms with Gasteiger partial charge in [-0.3, -0.25) is 0 Å². The van der Waals surface area contributed by atoms with E-state index in [0.29, 0.717) is 5.88 Å². The largest absolute Gasteiger partial charge is 0.438 e. The first-order chi connectivity index (χ1) is 8.06. The van der Waals surface area contributed by atoms with Gasteiger partial charge in [-0.25, -0.2) is 4.98 Å². The van der Waals surface area contributed by atoms with Gasteiger partial charge in [0.2, 0.25) is 5.88 Å². The molecule has 0 N–H and O–H groups in total. The van der Waals surface area contributed by atoms with Crippen molar-refractivity contribution in [2.75, 3.05) is 0 Å². The summed E-state index contributed by atoms with van der Waals surface area (Å²) in [6, 6.07) is 8.09. The van der Waals surface area contributed by atoms with E-state index in [1.54, 1.807) is 6.20 Å². The first-order valence-corrected chi connectivity index (χ1v) is 6.23. The van der Waals surface area contributed by atoms with E-state index in [4.69, 9.17) is 4.74 Å². The van der Waals surface area contributed by atoms with Crippen molar-refractivity contribution in [3.63, 3.8) is 0 Å². The van der Waals surface area contributed by atoms with E-state index in [-0.39, 0.29) is 0 Å². The van der Waals surface area contributed by atoms with Crippen LogP contribution in [0.4, 0.5) is 0 Å².